The quantitative estimate of drug-likeness (QED) is 0.278. The number of anilines is 1. The summed E-state index contributed by atoms with van der Waals surface area (Å²) in [6.07, 6.45) is -12.7. The largest absolute Gasteiger partial charge is 0.497 e. The molecule has 0 unspecified atom stereocenters. The first-order valence-electron chi connectivity index (χ1n) is 6.56. The van der Waals surface area contributed by atoms with Crippen molar-refractivity contribution in [1.29, 1.82) is 0 Å². The molecule has 0 heterocycles. The van der Waals surface area contributed by atoms with Gasteiger partial charge in [0.15, 0.2) is 0 Å². The Bertz CT molecular complexity index is 815. The molecule has 0 saturated carbocycles. The maximum Gasteiger partial charge on any atom is 0.453 e. The van der Waals surface area contributed by atoms with Crippen molar-refractivity contribution in [3.05, 3.63) is 18.2 Å². The summed E-state index contributed by atoms with van der Waals surface area (Å²) in [5, 5.41) is -6.40. The third-order valence-corrected chi connectivity index (χ3v) is 4.94. The van der Waals surface area contributed by atoms with Gasteiger partial charge in [-0.2, -0.15) is 43.5 Å². The second-order valence-corrected chi connectivity index (χ2v) is 7.90. The highest BCUT2D eigenvalue weighted by atomic mass is 127. The second kappa shape index (κ2) is 7.85. The highest BCUT2D eigenvalue weighted by Gasteiger charge is 2.73. The molecule has 0 saturated heterocycles. The van der Waals surface area contributed by atoms with Crippen LogP contribution in [-0.2, 0) is 14.8 Å². The minimum atomic E-state index is -6.55. The highest BCUT2D eigenvalue weighted by molar-refractivity contribution is 14.1. The SMILES string of the molecule is COc1ccc(OC)c(NS(=O)(=O)C(F)(F)C(F)(F)OC(F)(F)C(F)(F)I)c1. The minimum absolute atomic E-state index is 0.124. The number of halogens is 9. The molecule has 0 radical (unpaired) electrons. The minimum Gasteiger partial charge on any atom is -0.497 e. The number of hydrogen-bond acceptors (Lipinski definition) is 5. The molecule has 1 N–H and O–H groups in total. The van der Waals surface area contributed by atoms with E-state index in [1.807, 2.05) is 0 Å². The standard InChI is InChI=1S/C12H10F8INO5S/c1-25-6-3-4-8(26-2)7(5-6)22-28(23,24)12(19,20)11(17,18)27-10(15,16)9(13,14)21/h3-5,22H,1-2H3. The summed E-state index contributed by atoms with van der Waals surface area (Å²) in [5.74, 6) is -0.561. The number of benzene rings is 1. The van der Waals surface area contributed by atoms with Gasteiger partial charge in [0.2, 0.25) is 0 Å². The number of sulfonamides is 1. The Hall–Kier alpha value is -1.30. The molecular formula is C12H10F8INO5S. The number of methoxy groups -OCH3 is 2. The molecule has 28 heavy (non-hydrogen) atoms. The van der Waals surface area contributed by atoms with Gasteiger partial charge in [0.25, 0.3) is 0 Å². The first-order valence-corrected chi connectivity index (χ1v) is 9.13. The van der Waals surface area contributed by atoms with Crippen LogP contribution in [0, 0.1) is 0 Å². The summed E-state index contributed by atoms with van der Waals surface area (Å²) in [7, 11) is -4.45. The maximum absolute atomic E-state index is 13.8. The lowest BCUT2D eigenvalue weighted by Gasteiger charge is -2.30. The second-order valence-electron chi connectivity index (χ2n) is 4.82. The van der Waals surface area contributed by atoms with Crippen LogP contribution < -0.4 is 14.2 Å². The van der Waals surface area contributed by atoms with Gasteiger partial charge in [-0.3, -0.25) is 4.72 Å². The van der Waals surface area contributed by atoms with E-state index in [-0.39, 0.29) is 28.3 Å². The third-order valence-electron chi connectivity index (χ3n) is 2.91. The van der Waals surface area contributed by atoms with E-state index in [9.17, 15) is 43.5 Å². The van der Waals surface area contributed by atoms with Gasteiger partial charge in [0.1, 0.15) is 11.5 Å². The molecule has 1 aromatic rings. The molecule has 162 valence electrons. The monoisotopic (exact) mass is 559 g/mol. The van der Waals surface area contributed by atoms with Gasteiger partial charge >= 0.3 is 31.4 Å². The highest BCUT2D eigenvalue weighted by Crippen LogP contribution is 2.49. The van der Waals surface area contributed by atoms with Gasteiger partial charge in [-0.25, -0.2) is 4.74 Å². The Morgan fingerprint density at radius 3 is 1.89 bits per heavy atom. The van der Waals surface area contributed by atoms with Crippen molar-refractivity contribution < 1.29 is 57.8 Å². The predicted molar refractivity (Wildman–Crippen MR) is 87.0 cm³/mol. The van der Waals surface area contributed by atoms with Gasteiger partial charge in [-0.15, -0.1) is 0 Å². The molecule has 1 rings (SSSR count). The number of ether oxygens (including phenoxy) is 3. The third kappa shape index (κ3) is 4.81. The Balaban J connectivity index is 3.32. The molecule has 1 aromatic carbocycles. The molecule has 0 atom stereocenters. The topological polar surface area (TPSA) is 73.9 Å². The molecule has 0 amide bonds. The molecule has 0 aliphatic rings. The van der Waals surface area contributed by atoms with E-state index in [1.165, 1.54) is 6.07 Å². The Morgan fingerprint density at radius 2 is 1.46 bits per heavy atom. The number of rotatable bonds is 9. The first-order chi connectivity index (χ1) is 12.4. The van der Waals surface area contributed by atoms with Crippen LogP contribution in [0.2, 0.25) is 0 Å². The molecule has 0 fully saturated rings. The fraction of sp³-hybridized carbons (Fsp3) is 0.500. The van der Waals surface area contributed by atoms with Crippen molar-refractivity contribution in [2.75, 3.05) is 18.9 Å². The fourth-order valence-electron chi connectivity index (χ4n) is 1.54. The summed E-state index contributed by atoms with van der Waals surface area (Å²) in [5.41, 5.74) is -0.830. The van der Waals surface area contributed by atoms with Crippen molar-refractivity contribution in [3.63, 3.8) is 0 Å². The Labute approximate surface area is 166 Å². The van der Waals surface area contributed by atoms with E-state index >= 15 is 0 Å². The molecule has 0 bridgehead atoms. The average Bonchev–Trinajstić information content (AvgIpc) is 2.51. The number of hydrogen-bond donors (Lipinski definition) is 1. The van der Waals surface area contributed by atoms with Crippen LogP contribution >= 0.6 is 22.6 Å². The zero-order valence-electron chi connectivity index (χ0n) is 13.6. The zero-order valence-corrected chi connectivity index (χ0v) is 16.6. The van der Waals surface area contributed by atoms with Crippen LogP contribution in [0.15, 0.2) is 18.2 Å². The Morgan fingerprint density at radius 1 is 0.929 bits per heavy atom. The molecule has 0 aromatic heterocycles. The van der Waals surface area contributed by atoms with E-state index in [1.54, 1.807) is 0 Å². The number of nitrogens with one attached hydrogen (secondary N) is 1. The first kappa shape index (κ1) is 24.7. The van der Waals surface area contributed by atoms with Gasteiger partial charge in [-0.05, 0) is 12.1 Å². The van der Waals surface area contributed by atoms with Crippen LogP contribution in [0.4, 0.5) is 40.8 Å². The van der Waals surface area contributed by atoms with Crippen molar-refractivity contribution in [1.82, 2.24) is 0 Å². The summed E-state index contributed by atoms with van der Waals surface area (Å²) in [4.78, 5) is 0. The molecule has 0 aliphatic carbocycles. The summed E-state index contributed by atoms with van der Waals surface area (Å²) in [6.45, 7) is 0. The fourth-order valence-corrected chi connectivity index (χ4v) is 2.58. The number of alkyl halides is 9. The molecule has 0 aliphatic heterocycles. The van der Waals surface area contributed by atoms with E-state index < -0.39 is 42.9 Å². The van der Waals surface area contributed by atoms with Crippen LogP contribution in [0.3, 0.4) is 0 Å². The van der Waals surface area contributed by atoms with Gasteiger partial charge in [0.05, 0.1) is 19.9 Å². The van der Waals surface area contributed by atoms with E-state index in [4.69, 9.17) is 4.74 Å². The van der Waals surface area contributed by atoms with E-state index in [0.29, 0.717) is 0 Å². The summed E-state index contributed by atoms with van der Waals surface area (Å²) >= 11 is -0.338. The predicted octanol–water partition coefficient (Wildman–Crippen LogP) is 4.27. The lowest BCUT2D eigenvalue weighted by atomic mass is 10.3. The van der Waals surface area contributed by atoms with Crippen LogP contribution in [-0.4, -0.2) is 44.0 Å². The van der Waals surface area contributed by atoms with Crippen LogP contribution in [0.1, 0.15) is 0 Å². The smallest absolute Gasteiger partial charge is 0.453 e. The molecule has 6 nitrogen and oxygen atoms in total. The van der Waals surface area contributed by atoms with E-state index in [2.05, 4.69) is 9.47 Å². The lowest BCUT2D eigenvalue weighted by Crippen LogP contribution is -2.56. The molecule has 16 heteroatoms. The molecule has 0 spiro atoms. The van der Waals surface area contributed by atoms with Crippen LogP contribution in [0.5, 0.6) is 11.5 Å². The lowest BCUT2D eigenvalue weighted by molar-refractivity contribution is -0.438. The van der Waals surface area contributed by atoms with Crippen molar-refractivity contribution in [3.8, 4) is 11.5 Å². The summed E-state index contributed by atoms with van der Waals surface area (Å²) in [6, 6.07) is 2.95. The normalized spacial score (nSPS) is 14.0. The van der Waals surface area contributed by atoms with Gasteiger partial charge in [0, 0.05) is 28.7 Å². The van der Waals surface area contributed by atoms with Crippen molar-refractivity contribution in [2.45, 2.75) is 21.4 Å². The van der Waals surface area contributed by atoms with Gasteiger partial charge in [-0.1, -0.05) is 0 Å². The Kier molecular flexibility index (Phi) is 6.93. The molecular weight excluding hydrogens is 549 g/mol. The zero-order chi connectivity index (χ0) is 22.2. The van der Waals surface area contributed by atoms with Crippen molar-refractivity contribution >= 4 is 38.3 Å². The average molecular weight is 559 g/mol. The van der Waals surface area contributed by atoms with Crippen LogP contribution in [0.25, 0.3) is 0 Å². The van der Waals surface area contributed by atoms with E-state index in [0.717, 1.165) is 31.1 Å². The van der Waals surface area contributed by atoms with Gasteiger partial charge < -0.3 is 9.47 Å². The maximum atomic E-state index is 13.8. The summed E-state index contributed by atoms with van der Waals surface area (Å²) < 4.78 is 136. The van der Waals surface area contributed by atoms with Crippen molar-refractivity contribution in [2.24, 2.45) is 0 Å².